The zero-order valence-corrected chi connectivity index (χ0v) is 46.1. The third kappa shape index (κ3) is 53.9. The van der Waals surface area contributed by atoms with Crippen molar-refractivity contribution >= 4 is 11.9 Å². The summed E-state index contributed by atoms with van der Waals surface area (Å²) in [6, 6.07) is -0.541. The first-order valence-corrected chi connectivity index (χ1v) is 30.9. The number of carbonyl (C=O) groups is 2. The van der Waals surface area contributed by atoms with Crippen LogP contribution in [0.2, 0.25) is 0 Å². The number of rotatable bonds is 58. The maximum absolute atomic E-state index is 12.5. The molecular formula is C62H121NO5. The van der Waals surface area contributed by atoms with Gasteiger partial charge in [-0.25, -0.2) is 0 Å². The molecule has 0 rings (SSSR count). The lowest BCUT2D eigenvalue weighted by Gasteiger charge is -2.22. The molecule has 0 fully saturated rings. The number of aliphatic hydroxyl groups is 2. The molecule has 0 aliphatic carbocycles. The van der Waals surface area contributed by atoms with Crippen molar-refractivity contribution in [3.63, 3.8) is 0 Å². The Hall–Kier alpha value is -1.40. The third-order valence-electron chi connectivity index (χ3n) is 14.6. The van der Waals surface area contributed by atoms with Crippen LogP contribution in [-0.4, -0.2) is 47.4 Å². The summed E-state index contributed by atoms with van der Waals surface area (Å²) in [7, 11) is 0. The van der Waals surface area contributed by atoms with Gasteiger partial charge in [-0.15, -0.1) is 0 Å². The van der Waals surface area contributed by atoms with Gasteiger partial charge in [0.15, 0.2) is 0 Å². The maximum atomic E-state index is 12.5. The Morgan fingerprint density at radius 2 is 0.691 bits per heavy atom. The lowest BCUT2D eigenvalue weighted by atomic mass is 10.0. The van der Waals surface area contributed by atoms with E-state index in [2.05, 4.69) is 31.3 Å². The van der Waals surface area contributed by atoms with Gasteiger partial charge in [-0.2, -0.15) is 0 Å². The number of amides is 1. The van der Waals surface area contributed by atoms with Gasteiger partial charge in [-0.05, 0) is 51.4 Å². The first kappa shape index (κ1) is 66.6. The van der Waals surface area contributed by atoms with Crippen LogP contribution in [-0.2, 0) is 14.3 Å². The number of unbranched alkanes of at least 4 members (excludes halogenated alkanes) is 45. The summed E-state index contributed by atoms with van der Waals surface area (Å²) in [5, 5.41) is 23.2. The highest BCUT2D eigenvalue weighted by Gasteiger charge is 2.20. The van der Waals surface area contributed by atoms with E-state index in [4.69, 9.17) is 4.74 Å². The van der Waals surface area contributed by atoms with Crippen LogP contribution in [0, 0.1) is 0 Å². The molecule has 0 saturated heterocycles. The molecule has 0 spiro atoms. The van der Waals surface area contributed by atoms with Crippen LogP contribution >= 0.6 is 0 Å². The predicted molar refractivity (Wildman–Crippen MR) is 297 cm³/mol. The Balaban J connectivity index is 3.36. The lowest BCUT2D eigenvalue weighted by Crippen LogP contribution is -2.45. The Morgan fingerprint density at radius 1 is 0.397 bits per heavy atom. The SMILES string of the molecule is CCCCCCCC/C=C\CCCCCCCCCC(=O)OCCCCCCCCCCCCCCCCCCCCCCCC(=O)NC(CO)C(O)CCCCCCCCCCCCCCC. The van der Waals surface area contributed by atoms with Gasteiger partial charge < -0.3 is 20.3 Å². The minimum atomic E-state index is -0.663. The second-order valence-electron chi connectivity index (χ2n) is 21.4. The van der Waals surface area contributed by atoms with Gasteiger partial charge in [0, 0.05) is 12.8 Å². The zero-order chi connectivity index (χ0) is 49.3. The second kappa shape index (κ2) is 58.2. The first-order chi connectivity index (χ1) is 33.5. The quantitative estimate of drug-likeness (QED) is 0.0321. The molecule has 0 aliphatic rings. The fraction of sp³-hybridized carbons (Fsp3) is 0.935. The summed E-state index contributed by atoms with van der Waals surface area (Å²) in [4.78, 5) is 24.5. The molecule has 0 heterocycles. The minimum absolute atomic E-state index is 0.00937. The number of carbonyl (C=O) groups excluding carboxylic acids is 2. The van der Waals surface area contributed by atoms with Crippen molar-refractivity contribution in [2.45, 2.75) is 360 Å². The van der Waals surface area contributed by atoms with Crippen molar-refractivity contribution < 1.29 is 24.5 Å². The van der Waals surface area contributed by atoms with Gasteiger partial charge in [0.25, 0.3) is 0 Å². The predicted octanol–water partition coefficient (Wildman–Crippen LogP) is 19.2. The normalized spacial score (nSPS) is 12.6. The molecule has 0 bridgehead atoms. The number of esters is 1. The molecule has 404 valence electrons. The number of allylic oxidation sites excluding steroid dienone is 2. The number of hydrogen-bond acceptors (Lipinski definition) is 5. The molecule has 2 unspecified atom stereocenters. The van der Waals surface area contributed by atoms with Gasteiger partial charge in [0.2, 0.25) is 5.91 Å². The first-order valence-electron chi connectivity index (χ1n) is 30.9. The fourth-order valence-corrected chi connectivity index (χ4v) is 9.81. The summed E-state index contributed by atoms with van der Waals surface area (Å²) in [5.41, 5.74) is 0. The molecule has 1 amide bonds. The smallest absolute Gasteiger partial charge is 0.305 e. The average Bonchev–Trinajstić information content (AvgIpc) is 3.34. The fourth-order valence-electron chi connectivity index (χ4n) is 9.81. The number of aliphatic hydroxyl groups excluding tert-OH is 2. The van der Waals surface area contributed by atoms with Crippen LogP contribution in [0.5, 0.6) is 0 Å². The highest BCUT2D eigenvalue weighted by atomic mass is 16.5. The van der Waals surface area contributed by atoms with Gasteiger partial charge >= 0.3 is 5.97 Å². The molecule has 0 aliphatic heterocycles. The number of nitrogens with one attached hydrogen (secondary N) is 1. The maximum Gasteiger partial charge on any atom is 0.305 e. The van der Waals surface area contributed by atoms with Crippen LogP contribution in [0.15, 0.2) is 12.2 Å². The average molecular weight is 961 g/mol. The van der Waals surface area contributed by atoms with Crippen molar-refractivity contribution in [1.29, 1.82) is 0 Å². The minimum Gasteiger partial charge on any atom is -0.466 e. The van der Waals surface area contributed by atoms with E-state index in [0.29, 0.717) is 25.9 Å². The van der Waals surface area contributed by atoms with Crippen molar-refractivity contribution in [2.75, 3.05) is 13.2 Å². The Bertz CT molecular complexity index is 1020. The van der Waals surface area contributed by atoms with Crippen LogP contribution in [0.3, 0.4) is 0 Å². The molecule has 0 aromatic carbocycles. The molecule has 6 heteroatoms. The largest absolute Gasteiger partial charge is 0.466 e. The van der Waals surface area contributed by atoms with E-state index >= 15 is 0 Å². The Kier molecular flexibility index (Phi) is 57.0. The molecular weight excluding hydrogens is 839 g/mol. The van der Waals surface area contributed by atoms with Gasteiger partial charge in [0.05, 0.1) is 25.4 Å². The highest BCUT2D eigenvalue weighted by Crippen LogP contribution is 2.18. The van der Waals surface area contributed by atoms with Crippen molar-refractivity contribution in [3.8, 4) is 0 Å². The van der Waals surface area contributed by atoms with Crippen LogP contribution in [0.1, 0.15) is 348 Å². The second-order valence-corrected chi connectivity index (χ2v) is 21.4. The van der Waals surface area contributed by atoms with Crippen LogP contribution in [0.25, 0.3) is 0 Å². The van der Waals surface area contributed by atoms with Crippen LogP contribution in [0.4, 0.5) is 0 Å². The Morgan fingerprint density at radius 3 is 1.04 bits per heavy atom. The van der Waals surface area contributed by atoms with E-state index in [0.717, 1.165) is 44.9 Å². The topological polar surface area (TPSA) is 95.9 Å². The van der Waals surface area contributed by atoms with Crippen molar-refractivity contribution in [1.82, 2.24) is 5.32 Å². The van der Waals surface area contributed by atoms with E-state index in [9.17, 15) is 19.8 Å². The van der Waals surface area contributed by atoms with E-state index in [1.807, 2.05) is 0 Å². The molecule has 0 saturated carbocycles. The number of hydrogen-bond donors (Lipinski definition) is 3. The molecule has 0 aromatic rings. The summed E-state index contributed by atoms with van der Waals surface area (Å²) in [6.07, 6.45) is 69.3. The van der Waals surface area contributed by atoms with E-state index < -0.39 is 12.1 Å². The lowest BCUT2D eigenvalue weighted by molar-refractivity contribution is -0.143. The van der Waals surface area contributed by atoms with Crippen molar-refractivity contribution in [3.05, 3.63) is 12.2 Å². The molecule has 68 heavy (non-hydrogen) atoms. The third-order valence-corrected chi connectivity index (χ3v) is 14.6. The van der Waals surface area contributed by atoms with E-state index in [1.165, 1.54) is 270 Å². The van der Waals surface area contributed by atoms with E-state index in [-0.39, 0.29) is 18.5 Å². The zero-order valence-electron chi connectivity index (χ0n) is 46.1. The molecule has 0 radical (unpaired) electrons. The van der Waals surface area contributed by atoms with Gasteiger partial charge in [0.1, 0.15) is 0 Å². The molecule has 0 aromatic heterocycles. The monoisotopic (exact) mass is 960 g/mol. The summed E-state index contributed by atoms with van der Waals surface area (Å²) in [5.74, 6) is -0.0250. The van der Waals surface area contributed by atoms with E-state index in [1.54, 1.807) is 0 Å². The molecule has 3 N–H and O–H groups in total. The van der Waals surface area contributed by atoms with Crippen LogP contribution < -0.4 is 5.32 Å². The van der Waals surface area contributed by atoms with Gasteiger partial charge in [-0.1, -0.05) is 296 Å². The summed E-state index contributed by atoms with van der Waals surface area (Å²) >= 11 is 0. The highest BCUT2D eigenvalue weighted by molar-refractivity contribution is 5.76. The molecule has 2 atom stereocenters. The number of ether oxygens (including phenoxy) is 1. The molecule has 6 nitrogen and oxygen atoms in total. The van der Waals surface area contributed by atoms with Crippen molar-refractivity contribution in [2.24, 2.45) is 0 Å². The summed E-state index contributed by atoms with van der Waals surface area (Å²) in [6.45, 7) is 4.96. The summed E-state index contributed by atoms with van der Waals surface area (Å²) < 4.78 is 5.49. The standard InChI is InChI=1S/C62H121NO5/c1-3-5-7-9-11-13-15-17-18-24-28-32-36-40-44-48-52-56-62(67)68-57-53-49-45-41-37-33-29-26-23-21-19-20-22-25-27-31-35-39-43-47-51-55-61(66)63-59(58-64)60(65)54-50-46-42-38-34-30-16-14-12-10-8-6-4-2/h17-18,59-60,64-65H,3-16,19-58H2,1-2H3,(H,63,66)/b18-17-. The Labute approximate surface area is 425 Å². The van der Waals surface area contributed by atoms with Gasteiger partial charge in [-0.3, -0.25) is 9.59 Å².